The minimum atomic E-state index is -0.0816. The lowest BCUT2D eigenvalue weighted by atomic mass is 9.83. The molecule has 1 heterocycles. The molecule has 0 radical (unpaired) electrons. The Morgan fingerprint density at radius 2 is 1.68 bits per heavy atom. The number of likely N-dealkylation sites (tertiary alicyclic amines) is 1. The Morgan fingerprint density at radius 3 is 2.32 bits per heavy atom. The summed E-state index contributed by atoms with van der Waals surface area (Å²) in [5.41, 5.74) is 0.622. The number of amides is 2. The number of aliphatic hydroxyl groups is 1. The molecular formula is C25H32N2O4. The summed E-state index contributed by atoms with van der Waals surface area (Å²) >= 11 is 0. The average molecular weight is 425 g/mol. The van der Waals surface area contributed by atoms with E-state index in [9.17, 15) is 14.7 Å². The van der Waals surface area contributed by atoms with Crippen LogP contribution in [0.5, 0.6) is 5.75 Å². The number of hydrogen-bond donors (Lipinski definition) is 2. The van der Waals surface area contributed by atoms with Gasteiger partial charge < -0.3 is 20.1 Å². The first-order chi connectivity index (χ1) is 15.1. The predicted molar refractivity (Wildman–Crippen MR) is 117 cm³/mol. The molecule has 6 heteroatoms. The number of ether oxygens (including phenoxy) is 1. The van der Waals surface area contributed by atoms with Crippen LogP contribution in [0.25, 0.3) is 0 Å². The summed E-state index contributed by atoms with van der Waals surface area (Å²) in [7, 11) is 0. The highest BCUT2D eigenvalue weighted by molar-refractivity contribution is 5.94. The first-order valence-corrected chi connectivity index (χ1v) is 11.7. The quantitative estimate of drug-likeness (QED) is 0.660. The fraction of sp³-hybridized carbons (Fsp3) is 0.600. The number of fused-ring (bicyclic) bond motifs is 2. The van der Waals surface area contributed by atoms with Crippen LogP contribution >= 0.6 is 0 Å². The summed E-state index contributed by atoms with van der Waals surface area (Å²) in [6.07, 6.45) is 9.49. The van der Waals surface area contributed by atoms with Gasteiger partial charge in [0, 0.05) is 50.6 Å². The van der Waals surface area contributed by atoms with Crippen LogP contribution in [-0.2, 0) is 4.79 Å². The lowest BCUT2D eigenvalue weighted by Crippen LogP contribution is -2.42. The zero-order valence-corrected chi connectivity index (χ0v) is 17.9. The van der Waals surface area contributed by atoms with Gasteiger partial charge in [0.25, 0.3) is 5.91 Å². The molecule has 3 fully saturated rings. The van der Waals surface area contributed by atoms with Gasteiger partial charge in [-0.15, -0.1) is 0 Å². The zero-order valence-electron chi connectivity index (χ0n) is 17.9. The van der Waals surface area contributed by atoms with E-state index in [0.29, 0.717) is 35.8 Å². The van der Waals surface area contributed by atoms with Crippen LogP contribution < -0.4 is 10.1 Å². The molecule has 3 aliphatic carbocycles. The Hall–Kier alpha value is -2.34. The third kappa shape index (κ3) is 4.36. The summed E-state index contributed by atoms with van der Waals surface area (Å²) in [6.45, 7) is 2.33. The predicted octanol–water partition coefficient (Wildman–Crippen LogP) is 2.63. The molecule has 2 amide bonds. The Kier molecular flexibility index (Phi) is 5.74. The van der Waals surface area contributed by atoms with E-state index in [1.165, 1.54) is 0 Å². The summed E-state index contributed by atoms with van der Waals surface area (Å²) < 4.78 is 6.09. The molecule has 2 bridgehead atoms. The second-order valence-corrected chi connectivity index (χ2v) is 9.61. The van der Waals surface area contributed by atoms with Gasteiger partial charge in [-0.1, -0.05) is 12.2 Å². The number of nitrogens with one attached hydrogen (secondary N) is 1. The summed E-state index contributed by atoms with van der Waals surface area (Å²) in [5.74, 6) is 2.81. The Morgan fingerprint density at radius 1 is 1.00 bits per heavy atom. The molecule has 4 atom stereocenters. The molecule has 2 N–H and O–H groups in total. The van der Waals surface area contributed by atoms with E-state index in [1.54, 1.807) is 12.1 Å². The van der Waals surface area contributed by atoms with Gasteiger partial charge in [0.05, 0.1) is 0 Å². The Bertz CT molecular complexity index is 840. The van der Waals surface area contributed by atoms with Crippen molar-refractivity contribution in [2.24, 2.45) is 29.6 Å². The van der Waals surface area contributed by atoms with Crippen molar-refractivity contribution in [2.75, 3.05) is 26.2 Å². The monoisotopic (exact) mass is 424 g/mol. The Labute approximate surface area is 183 Å². The average Bonchev–Trinajstić information content (AvgIpc) is 3.46. The molecule has 166 valence electrons. The van der Waals surface area contributed by atoms with E-state index < -0.39 is 0 Å². The molecule has 6 nitrogen and oxygen atoms in total. The number of hydrogen-bond acceptors (Lipinski definition) is 4. The molecule has 4 aliphatic rings. The van der Waals surface area contributed by atoms with Crippen LogP contribution in [-0.4, -0.2) is 54.2 Å². The summed E-state index contributed by atoms with van der Waals surface area (Å²) in [4.78, 5) is 26.7. The van der Waals surface area contributed by atoms with Crippen molar-refractivity contribution >= 4 is 11.8 Å². The topological polar surface area (TPSA) is 78.9 Å². The molecule has 0 aromatic heterocycles. The van der Waals surface area contributed by atoms with Gasteiger partial charge in [0.2, 0.25) is 5.91 Å². The van der Waals surface area contributed by atoms with E-state index in [-0.39, 0.29) is 30.5 Å². The number of nitrogens with zero attached hydrogens (tertiary/aromatic N) is 1. The summed E-state index contributed by atoms with van der Waals surface area (Å²) in [6, 6.07) is 7.32. The van der Waals surface area contributed by atoms with Gasteiger partial charge in [-0.05, 0) is 67.2 Å². The maximum atomic E-state index is 12.6. The number of carbonyl (C=O) groups excluding carboxylic acids is 2. The van der Waals surface area contributed by atoms with Gasteiger partial charge in [-0.2, -0.15) is 0 Å². The maximum Gasteiger partial charge on any atom is 0.251 e. The van der Waals surface area contributed by atoms with Crippen molar-refractivity contribution in [1.29, 1.82) is 0 Å². The molecule has 31 heavy (non-hydrogen) atoms. The molecule has 1 aliphatic heterocycles. The highest BCUT2D eigenvalue weighted by Gasteiger charge is 2.43. The molecule has 1 aromatic rings. The third-order valence-electron chi connectivity index (χ3n) is 7.61. The SMILES string of the molecule is O=C(NCC1C2C=CC(C2)C1CO)c1ccc(OC2CCN(C(=O)C3CC3)CC2)cc1. The van der Waals surface area contributed by atoms with E-state index in [1.807, 2.05) is 17.0 Å². The van der Waals surface area contributed by atoms with Gasteiger partial charge >= 0.3 is 0 Å². The zero-order chi connectivity index (χ0) is 21.4. The second-order valence-electron chi connectivity index (χ2n) is 9.61. The number of benzene rings is 1. The first-order valence-electron chi connectivity index (χ1n) is 11.7. The first kappa shape index (κ1) is 20.6. The molecule has 1 aromatic carbocycles. The fourth-order valence-corrected chi connectivity index (χ4v) is 5.57. The van der Waals surface area contributed by atoms with E-state index in [0.717, 1.165) is 50.9 Å². The minimum Gasteiger partial charge on any atom is -0.490 e. The van der Waals surface area contributed by atoms with Crippen LogP contribution in [0.4, 0.5) is 0 Å². The fourth-order valence-electron chi connectivity index (χ4n) is 5.57. The maximum absolute atomic E-state index is 12.6. The van der Waals surface area contributed by atoms with E-state index in [4.69, 9.17) is 4.74 Å². The normalized spacial score (nSPS) is 29.9. The van der Waals surface area contributed by atoms with Crippen LogP contribution in [0.15, 0.2) is 36.4 Å². The molecule has 4 unspecified atom stereocenters. The molecule has 1 saturated heterocycles. The standard InChI is InChI=1S/C25H32N2O4/c28-15-23-19-4-3-18(13-19)22(23)14-26-24(29)16-5-7-20(8-6-16)31-21-9-11-27(12-10-21)25(30)17-1-2-17/h3-8,17-19,21-23,28H,1-2,9-15H2,(H,26,29). The number of allylic oxidation sites excluding steroid dienone is 2. The molecular weight excluding hydrogens is 392 g/mol. The number of rotatable bonds is 7. The molecule has 5 rings (SSSR count). The highest BCUT2D eigenvalue weighted by atomic mass is 16.5. The number of carbonyl (C=O) groups is 2. The lowest BCUT2D eigenvalue weighted by Gasteiger charge is -2.32. The van der Waals surface area contributed by atoms with Crippen molar-refractivity contribution in [3.05, 3.63) is 42.0 Å². The van der Waals surface area contributed by atoms with Crippen molar-refractivity contribution in [3.63, 3.8) is 0 Å². The van der Waals surface area contributed by atoms with Crippen LogP contribution in [0.1, 0.15) is 42.5 Å². The van der Waals surface area contributed by atoms with Crippen LogP contribution in [0.3, 0.4) is 0 Å². The molecule has 0 spiro atoms. The van der Waals surface area contributed by atoms with E-state index in [2.05, 4.69) is 17.5 Å². The third-order valence-corrected chi connectivity index (χ3v) is 7.61. The van der Waals surface area contributed by atoms with Crippen molar-refractivity contribution in [1.82, 2.24) is 10.2 Å². The smallest absolute Gasteiger partial charge is 0.251 e. The lowest BCUT2D eigenvalue weighted by molar-refractivity contribution is -0.134. The minimum absolute atomic E-state index is 0.0816. The largest absolute Gasteiger partial charge is 0.490 e. The van der Waals surface area contributed by atoms with Gasteiger partial charge in [-0.3, -0.25) is 9.59 Å². The van der Waals surface area contributed by atoms with Crippen LogP contribution in [0.2, 0.25) is 0 Å². The van der Waals surface area contributed by atoms with Crippen LogP contribution in [0, 0.1) is 29.6 Å². The number of aliphatic hydroxyl groups excluding tert-OH is 1. The van der Waals surface area contributed by atoms with Gasteiger partial charge in [-0.25, -0.2) is 0 Å². The Balaban J connectivity index is 1.09. The number of piperidine rings is 1. The van der Waals surface area contributed by atoms with Crippen molar-refractivity contribution < 1.29 is 19.4 Å². The second kappa shape index (κ2) is 8.65. The van der Waals surface area contributed by atoms with Crippen molar-refractivity contribution in [2.45, 2.75) is 38.2 Å². The molecule has 2 saturated carbocycles. The van der Waals surface area contributed by atoms with Gasteiger partial charge in [0.15, 0.2) is 0 Å². The highest BCUT2D eigenvalue weighted by Crippen LogP contribution is 2.47. The summed E-state index contributed by atoms with van der Waals surface area (Å²) in [5, 5.41) is 12.8. The van der Waals surface area contributed by atoms with Gasteiger partial charge in [0.1, 0.15) is 11.9 Å². The van der Waals surface area contributed by atoms with E-state index >= 15 is 0 Å². The van der Waals surface area contributed by atoms with Crippen molar-refractivity contribution in [3.8, 4) is 5.75 Å².